The zero-order chi connectivity index (χ0) is 29.5. The van der Waals surface area contributed by atoms with Gasteiger partial charge < -0.3 is 20.0 Å². The average molecular weight is 607 g/mol. The number of imidazole rings is 1. The first kappa shape index (κ1) is 28.7. The van der Waals surface area contributed by atoms with E-state index < -0.39 is 6.10 Å². The Balaban J connectivity index is 1.24. The number of rotatable bonds is 8. The Hall–Kier alpha value is -3.41. The highest BCUT2D eigenvalue weighted by Crippen LogP contribution is 2.39. The van der Waals surface area contributed by atoms with Crippen LogP contribution < -0.4 is 4.90 Å². The summed E-state index contributed by atoms with van der Waals surface area (Å²) in [5, 5.41) is 36.2. The van der Waals surface area contributed by atoms with Gasteiger partial charge in [0.1, 0.15) is 21.6 Å². The summed E-state index contributed by atoms with van der Waals surface area (Å²) >= 11 is 2.92. The average Bonchev–Trinajstić information content (AvgIpc) is 3.68. The van der Waals surface area contributed by atoms with Crippen LogP contribution in [0.2, 0.25) is 0 Å². The number of fused-ring (bicyclic) bond motifs is 1. The van der Waals surface area contributed by atoms with Crippen molar-refractivity contribution >= 4 is 44.5 Å². The Morgan fingerprint density at radius 1 is 1.21 bits per heavy atom. The SMILES string of the molecule is CCc1nc2sc(C3CCN(CC(=O)N4CC(O)C4)[C@H](CO)C3)nn2c1N(C)c1nc(-c2ccc(C)cc2)c(C#N)s1. The molecule has 42 heavy (non-hydrogen) atoms. The van der Waals surface area contributed by atoms with Crippen LogP contribution in [0.5, 0.6) is 0 Å². The molecule has 0 spiro atoms. The van der Waals surface area contributed by atoms with E-state index in [2.05, 4.69) is 17.9 Å². The van der Waals surface area contributed by atoms with E-state index in [9.17, 15) is 20.3 Å². The number of nitriles is 1. The topological polar surface area (TPSA) is 134 Å². The molecule has 2 atom stereocenters. The van der Waals surface area contributed by atoms with E-state index in [1.807, 2.05) is 47.7 Å². The molecule has 6 rings (SSSR count). The van der Waals surface area contributed by atoms with E-state index in [0.717, 1.165) is 45.4 Å². The number of carbonyl (C=O) groups is 1. The Bertz CT molecular complexity index is 1630. The van der Waals surface area contributed by atoms with E-state index in [-0.39, 0.29) is 31.0 Å². The van der Waals surface area contributed by atoms with Gasteiger partial charge in [-0.25, -0.2) is 9.97 Å². The smallest absolute Gasteiger partial charge is 0.236 e. The van der Waals surface area contributed by atoms with Gasteiger partial charge in [-0.05, 0) is 32.7 Å². The van der Waals surface area contributed by atoms with Crippen LogP contribution in [0.4, 0.5) is 10.9 Å². The zero-order valence-corrected chi connectivity index (χ0v) is 25.5. The van der Waals surface area contributed by atoms with Gasteiger partial charge in [0.2, 0.25) is 10.9 Å². The fraction of sp³-hybridized carbons (Fsp3) is 0.483. The highest BCUT2D eigenvalue weighted by Gasteiger charge is 2.35. The summed E-state index contributed by atoms with van der Waals surface area (Å²) in [6.45, 7) is 5.78. The summed E-state index contributed by atoms with van der Waals surface area (Å²) in [4.78, 5) is 29.4. The number of nitrogens with zero attached hydrogens (tertiary/aromatic N) is 8. The van der Waals surface area contributed by atoms with Crippen molar-refractivity contribution in [2.45, 2.75) is 51.2 Å². The highest BCUT2D eigenvalue weighted by atomic mass is 32.1. The maximum absolute atomic E-state index is 12.6. The number of β-amino-alcohol motifs (C(OH)–C–C–N with tert-alkyl or cyclic N) is 1. The summed E-state index contributed by atoms with van der Waals surface area (Å²) in [7, 11) is 1.94. The molecule has 0 saturated carbocycles. The molecule has 5 heterocycles. The predicted molar refractivity (Wildman–Crippen MR) is 162 cm³/mol. The minimum Gasteiger partial charge on any atom is -0.395 e. The number of aliphatic hydroxyl groups excluding tert-OH is 2. The van der Waals surface area contributed by atoms with Gasteiger partial charge in [-0.3, -0.25) is 9.69 Å². The van der Waals surface area contributed by atoms with Crippen molar-refractivity contribution in [2.24, 2.45) is 0 Å². The third kappa shape index (κ3) is 5.29. The first-order valence-corrected chi connectivity index (χ1v) is 15.8. The van der Waals surface area contributed by atoms with E-state index in [1.54, 1.807) is 16.2 Å². The maximum Gasteiger partial charge on any atom is 0.236 e. The number of anilines is 2. The van der Waals surface area contributed by atoms with Gasteiger partial charge in [-0.1, -0.05) is 59.4 Å². The lowest BCUT2D eigenvalue weighted by molar-refractivity contribution is -0.143. The number of likely N-dealkylation sites (tertiary alicyclic amines) is 2. The number of aryl methyl sites for hydroxylation is 2. The Morgan fingerprint density at radius 2 is 1.98 bits per heavy atom. The number of aromatic nitrogens is 4. The summed E-state index contributed by atoms with van der Waals surface area (Å²) < 4.78 is 1.89. The molecule has 3 aromatic heterocycles. The normalized spacial score (nSPS) is 19.7. The molecule has 220 valence electrons. The van der Waals surface area contributed by atoms with Crippen molar-refractivity contribution in [3.63, 3.8) is 0 Å². The number of thiazole rings is 1. The largest absolute Gasteiger partial charge is 0.395 e. The van der Waals surface area contributed by atoms with Crippen LogP contribution >= 0.6 is 22.7 Å². The first-order chi connectivity index (χ1) is 20.3. The number of carbonyl (C=O) groups excluding carboxylic acids is 1. The van der Waals surface area contributed by atoms with Crippen LogP contribution in [0.3, 0.4) is 0 Å². The molecule has 2 aliphatic heterocycles. The third-order valence-electron chi connectivity index (χ3n) is 8.20. The van der Waals surface area contributed by atoms with Crippen molar-refractivity contribution in [3.8, 4) is 17.3 Å². The van der Waals surface area contributed by atoms with Crippen molar-refractivity contribution in [3.05, 3.63) is 45.4 Å². The summed E-state index contributed by atoms with van der Waals surface area (Å²) in [6, 6.07) is 10.2. The lowest BCUT2D eigenvalue weighted by Gasteiger charge is -2.41. The number of amides is 1. The van der Waals surface area contributed by atoms with Gasteiger partial charge in [0.25, 0.3) is 0 Å². The lowest BCUT2D eigenvalue weighted by atomic mass is 9.91. The molecule has 11 nitrogen and oxygen atoms in total. The van der Waals surface area contributed by atoms with Crippen LogP contribution in [0, 0.1) is 18.3 Å². The van der Waals surface area contributed by atoms with Crippen molar-refractivity contribution in [2.75, 3.05) is 44.7 Å². The molecule has 0 radical (unpaired) electrons. The van der Waals surface area contributed by atoms with E-state index in [4.69, 9.17) is 15.1 Å². The fourth-order valence-corrected chi connectivity index (χ4v) is 7.62. The van der Waals surface area contributed by atoms with Crippen LogP contribution in [0.25, 0.3) is 16.2 Å². The summed E-state index contributed by atoms with van der Waals surface area (Å²) in [6.07, 6.45) is 1.83. The van der Waals surface area contributed by atoms with Gasteiger partial charge in [0, 0.05) is 37.7 Å². The number of piperidine rings is 1. The van der Waals surface area contributed by atoms with Crippen molar-refractivity contribution in [1.29, 1.82) is 5.26 Å². The molecular weight excluding hydrogens is 573 g/mol. The van der Waals surface area contributed by atoms with E-state index in [1.165, 1.54) is 11.3 Å². The second-order valence-electron chi connectivity index (χ2n) is 11.1. The van der Waals surface area contributed by atoms with Crippen LogP contribution in [-0.4, -0.2) is 97.5 Å². The zero-order valence-electron chi connectivity index (χ0n) is 23.9. The van der Waals surface area contributed by atoms with Crippen molar-refractivity contribution < 1.29 is 15.0 Å². The second-order valence-corrected chi connectivity index (χ2v) is 13.0. The van der Waals surface area contributed by atoms with E-state index >= 15 is 0 Å². The Labute approximate surface area is 252 Å². The van der Waals surface area contributed by atoms with Gasteiger partial charge in [-0.2, -0.15) is 14.9 Å². The molecule has 2 fully saturated rings. The molecule has 13 heteroatoms. The summed E-state index contributed by atoms with van der Waals surface area (Å²) in [5.41, 5.74) is 3.64. The van der Waals surface area contributed by atoms with Gasteiger partial charge in [-0.15, -0.1) is 0 Å². The minimum atomic E-state index is -0.423. The monoisotopic (exact) mass is 606 g/mol. The molecule has 1 aromatic carbocycles. The molecule has 0 aliphatic carbocycles. The second kappa shape index (κ2) is 11.7. The molecule has 2 aliphatic rings. The number of benzene rings is 1. The maximum atomic E-state index is 12.6. The van der Waals surface area contributed by atoms with Gasteiger partial charge in [0.15, 0.2) is 10.9 Å². The molecule has 1 unspecified atom stereocenters. The summed E-state index contributed by atoms with van der Waals surface area (Å²) in [5.74, 6) is 0.978. The van der Waals surface area contributed by atoms with Crippen molar-refractivity contribution in [1.82, 2.24) is 29.4 Å². The lowest BCUT2D eigenvalue weighted by Crippen LogP contribution is -2.57. The first-order valence-electron chi connectivity index (χ1n) is 14.2. The highest BCUT2D eigenvalue weighted by molar-refractivity contribution is 7.17. The third-order valence-corrected chi connectivity index (χ3v) is 10.3. The van der Waals surface area contributed by atoms with Gasteiger partial charge >= 0.3 is 0 Å². The van der Waals surface area contributed by atoms with Crippen LogP contribution in [0.1, 0.15) is 46.8 Å². The van der Waals surface area contributed by atoms with E-state index in [0.29, 0.717) is 41.8 Å². The Kier molecular flexibility index (Phi) is 7.99. The number of aliphatic hydroxyl groups is 2. The predicted octanol–water partition coefficient (Wildman–Crippen LogP) is 3.17. The fourth-order valence-electron chi connectivity index (χ4n) is 5.71. The Morgan fingerprint density at radius 3 is 2.64 bits per heavy atom. The van der Waals surface area contributed by atoms with Crippen LogP contribution in [0.15, 0.2) is 24.3 Å². The molecular formula is C29H34N8O3S2. The minimum absolute atomic E-state index is 0.00281. The standard InChI is InChI=1S/C29H34N8O3S2/c1-4-22-27(34(3)28-32-25(23(12-30)41-28)18-7-5-17(2)6-8-18)37-29(31-22)42-26(33-37)19-9-10-35(20(11-19)16-38)15-24(40)36-13-21(39)14-36/h5-8,19-21,38-39H,4,9-11,13-16H2,1-3H3/t19?,20-/m0/s1. The molecule has 0 bridgehead atoms. The molecule has 2 N–H and O–H groups in total. The van der Waals surface area contributed by atoms with Gasteiger partial charge in [0.05, 0.1) is 24.9 Å². The number of hydrogen-bond donors (Lipinski definition) is 2. The molecule has 1 amide bonds. The molecule has 2 saturated heterocycles. The molecule has 4 aromatic rings. The number of hydrogen-bond acceptors (Lipinski definition) is 11. The quantitative estimate of drug-likeness (QED) is 0.310. The van der Waals surface area contributed by atoms with Crippen LogP contribution in [-0.2, 0) is 11.2 Å².